The maximum absolute atomic E-state index is 15.0. The van der Waals surface area contributed by atoms with E-state index >= 15 is 4.79 Å². The van der Waals surface area contributed by atoms with Crippen LogP contribution in [0.3, 0.4) is 0 Å². The maximum Gasteiger partial charge on any atom is 0.277 e. The first-order valence-electron chi connectivity index (χ1n) is 15.2. The molecule has 3 aromatic rings. The molecule has 2 aliphatic heterocycles. The molecule has 48 heavy (non-hydrogen) atoms. The number of fused-ring (bicyclic) bond motifs is 2. The lowest BCUT2D eigenvalue weighted by atomic mass is 9.58. The summed E-state index contributed by atoms with van der Waals surface area (Å²) in [6.45, 7) is 6.26. The lowest BCUT2D eigenvalue weighted by molar-refractivity contribution is -0.137. The number of carbonyl (C=O) groups is 4. The molecule has 1 unspecified atom stereocenters. The number of imide groups is 1. The molecular weight excluding hydrogens is 684 g/mol. The number of hydrogen-bond acceptors (Lipinski definition) is 7. The summed E-state index contributed by atoms with van der Waals surface area (Å²) in [5, 5.41) is 3.38. The Morgan fingerprint density at radius 1 is 1.04 bits per heavy atom. The van der Waals surface area contributed by atoms with Gasteiger partial charge in [0.2, 0.25) is 27.7 Å². The number of sulfonamides is 1. The monoisotopic (exact) mass is 717 g/mol. The van der Waals surface area contributed by atoms with Crippen LogP contribution in [0.15, 0.2) is 54.6 Å². The summed E-state index contributed by atoms with van der Waals surface area (Å²) in [7, 11) is -3.96. The normalized spacial score (nSPS) is 20.8. The topological polar surface area (TPSA) is 139 Å². The summed E-state index contributed by atoms with van der Waals surface area (Å²) in [5.41, 5.74) is -1.79. The predicted molar refractivity (Wildman–Crippen MR) is 179 cm³/mol. The van der Waals surface area contributed by atoms with Gasteiger partial charge in [0.15, 0.2) is 5.60 Å². The first-order chi connectivity index (χ1) is 22.5. The molecule has 2 N–H and O–H groups in total. The van der Waals surface area contributed by atoms with E-state index < -0.39 is 62.4 Å². The van der Waals surface area contributed by atoms with Crippen molar-refractivity contribution in [1.82, 2.24) is 10.0 Å². The smallest absolute Gasteiger partial charge is 0.277 e. The molecule has 3 aromatic carbocycles. The first-order valence-corrected chi connectivity index (χ1v) is 17.8. The second kappa shape index (κ2) is 12.8. The number of nitrogens with zero attached hydrogens (tertiary/aromatic N) is 1. The summed E-state index contributed by atoms with van der Waals surface area (Å²) >= 11 is 12.9. The van der Waals surface area contributed by atoms with Crippen LogP contribution in [0.25, 0.3) is 0 Å². The van der Waals surface area contributed by atoms with Gasteiger partial charge < -0.3 is 10.1 Å². The van der Waals surface area contributed by atoms with Gasteiger partial charge >= 0.3 is 0 Å². The van der Waals surface area contributed by atoms with E-state index in [1.54, 1.807) is 32.9 Å². The van der Waals surface area contributed by atoms with E-state index in [4.69, 9.17) is 27.9 Å². The number of ether oxygens (including phenoxy) is 1. The summed E-state index contributed by atoms with van der Waals surface area (Å²) < 4.78 is 47.5. The van der Waals surface area contributed by atoms with Gasteiger partial charge in [-0.2, -0.15) is 0 Å². The van der Waals surface area contributed by atoms with E-state index in [-0.39, 0.29) is 46.3 Å². The van der Waals surface area contributed by atoms with Gasteiger partial charge in [0.25, 0.3) is 5.91 Å². The Hall–Kier alpha value is -4.00. The summed E-state index contributed by atoms with van der Waals surface area (Å²) in [5.74, 6) is -4.34. The first kappa shape index (κ1) is 35.3. The van der Waals surface area contributed by atoms with Crippen molar-refractivity contribution in [3.63, 3.8) is 0 Å². The fourth-order valence-electron chi connectivity index (χ4n) is 6.98. The van der Waals surface area contributed by atoms with Gasteiger partial charge in [0, 0.05) is 34.9 Å². The average Bonchev–Trinajstić information content (AvgIpc) is 3.25. The van der Waals surface area contributed by atoms with E-state index in [1.807, 2.05) is 4.72 Å². The number of aryl methyl sites for hydroxylation is 1. The fraction of sp³-hybridized carbons (Fsp3) is 0.353. The second-order valence-electron chi connectivity index (χ2n) is 12.1. The van der Waals surface area contributed by atoms with Crippen LogP contribution in [-0.2, 0) is 34.6 Å². The van der Waals surface area contributed by atoms with Crippen molar-refractivity contribution in [1.29, 1.82) is 0 Å². The summed E-state index contributed by atoms with van der Waals surface area (Å²) in [6, 6.07) is 12.0. The van der Waals surface area contributed by atoms with E-state index in [0.717, 1.165) is 11.2 Å². The third-order valence-corrected chi connectivity index (χ3v) is 10.3. The highest BCUT2D eigenvalue weighted by Gasteiger charge is 2.65. The zero-order valence-corrected chi connectivity index (χ0v) is 29.1. The number of benzene rings is 3. The Bertz CT molecular complexity index is 1970. The van der Waals surface area contributed by atoms with Crippen molar-refractivity contribution < 1.29 is 36.7 Å². The van der Waals surface area contributed by atoms with Crippen LogP contribution < -0.4 is 19.7 Å². The van der Waals surface area contributed by atoms with Crippen LogP contribution in [0.5, 0.6) is 5.75 Å². The SMILES string of the molecule is CCC(CC)(Oc1ccc(Cl)cc1[C@@H]1CC(=O)NC(c2cc(F)ccc2C)[C@@]12C(=O)N(C(C)=O)c1cc(Cl)ccc12)C(=O)NS(C)(=O)=O. The van der Waals surface area contributed by atoms with Gasteiger partial charge in [-0.25, -0.2) is 22.4 Å². The Balaban J connectivity index is 1.84. The van der Waals surface area contributed by atoms with Gasteiger partial charge in [-0.15, -0.1) is 0 Å². The molecule has 14 heteroatoms. The number of rotatable bonds is 8. The van der Waals surface area contributed by atoms with Crippen molar-refractivity contribution in [2.75, 3.05) is 11.2 Å². The van der Waals surface area contributed by atoms with Crippen molar-refractivity contribution in [2.45, 2.75) is 69.9 Å². The highest BCUT2D eigenvalue weighted by atomic mass is 35.5. The number of nitrogens with one attached hydrogen (secondary N) is 2. The molecule has 1 fully saturated rings. The standard InChI is InChI=1S/C34H34Cl2FN3O7S/c1-6-33(7-2,31(43)39-48(5,45)46)47-28-13-10-20(35)14-24(28)26-17-29(42)38-30(23-16-22(37)11-8-18(23)3)34(26)25-12-9-21(36)15-27(25)40(19(4)41)32(34)44/h8-16,26,30H,6-7,17H2,1-5H3,(H,38,42)(H,39,43)/t26-,30?,34-/m0/s1. The molecule has 1 saturated heterocycles. The second-order valence-corrected chi connectivity index (χ2v) is 14.8. The van der Waals surface area contributed by atoms with Gasteiger partial charge in [-0.05, 0) is 78.9 Å². The van der Waals surface area contributed by atoms with Gasteiger partial charge in [-0.1, -0.05) is 49.2 Å². The lowest BCUT2D eigenvalue weighted by Gasteiger charge is -2.47. The molecule has 0 aliphatic carbocycles. The van der Waals surface area contributed by atoms with Crippen LogP contribution in [-0.4, -0.2) is 43.9 Å². The molecule has 2 heterocycles. The number of piperidine rings is 1. The number of carbonyl (C=O) groups excluding carboxylic acids is 4. The predicted octanol–water partition coefficient (Wildman–Crippen LogP) is 5.63. The molecular formula is C34H34Cl2FN3O7S. The highest BCUT2D eigenvalue weighted by molar-refractivity contribution is 7.89. The molecule has 4 amide bonds. The van der Waals surface area contributed by atoms with Crippen molar-refractivity contribution in [3.8, 4) is 5.75 Å². The van der Waals surface area contributed by atoms with Crippen LogP contribution in [0.4, 0.5) is 10.1 Å². The van der Waals surface area contributed by atoms with Crippen LogP contribution in [0.2, 0.25) is 10.0 Å². The van der Waals surface area contributed by atoms with Gasteiger partial charge in [0.05, 0.1) is 18.0 Å². The molecule has 0 bridgehead atoms. The molecule has 254 valence electrons. The number of halogens is 3. The van der Waals surface area contributed by atoms with Gasteiger partial charge in [0.1, 0.15) is 17.0 Å². The number of anilines is 1. The maximum atomic E-state index is 15.0. The molecule has 1 spiro atoms. The van der Waals surface area contributed by atoms with E-state index in [2.05, 4.69) is 5.32 Å². The molecule has 5 rings (SSSR count). The molecule has 10 nitrogen and oxygen atoms in total. The molecule has 2 aliphatic rings. The Morgan fingerprint density at radius 2 is 1.69 bits per heavy atom. The minimum Gasteiger partial charge on any atom is -0.477 e. The quantitative estimate of drug-likeness (QED) is 0.308. The largest absolute Gasteiger partial charge is 0.477 e. The Morgan fingerprint density at radius 3 is 2.31 bits per heavy atom. The van der Waals surface area contributed by atoms with E-state index in [9.17, 15) is 27.2 Å². The fourth-order valence-corrected chi connectivity index (χ4v) is 7.85. The van der Waals surface area contributed by atoms with Crippen LogP contribution in [0.1, 0.15) is 74.2 Å². The van der Waals surface area contributed by atoms with E-state index in [0.29, 0.717) is 16.7 Å². The summed E-state index contributed by atoms with van der Waals surface area (Å²) in [6.07, 6.45) is 0.644. The molecule has 0 radical (unpaired) electrons. The molecule has 0 aromatic heterocycles. The summed E-state index contributed by atoms with van der Waals surface area (Å²) in [4.78, 5) is 56.3. The van der Waals surface area contributed by atoms with Crippen molar-refractivity contribution in [2.24, 2.45) is 0 Å². The van der Waals surface area contributed by atoms with Crippen LogP contribution in [0, 0.1) is 12.7 Å². The Kier molecular flexibility index (Phi) is 9.41. The third kappa shape index (κ3) is 5.94. The molecule has 3 atom stereocenters. The Labute approximate surface area is 288 Å². The molecule has 0 saturated carbocycles. The lowest BCUT2D eigenvalue weighted by Crippen LogP contribution is -2.59. The number of amides is 4. The van der Waals surface area contributed by atoms with Crippen molar-refractivity contribution >= 4 is 62.5 Å². The zero-order chi connectivity index (χ0) is 35.3. The van der Waals surface area contributed by atoms with Crippen molar-refractivity contribution in [3.05, 3.63) is 92.7 Å². The highest BCUT2D eigenvalue weighted by Crippen LogP contribution is 2.61. The minimum atomic E-state index is -3.96. The van der Waals surface area contributed by atoms with Crippen LogP contribution >= 0.6 is 23.2 Å². The van der Waals surface area contributed by atoms with Gasteiger partial charge in [-0.3, -0.25) is 19.2 Å². The number of hydrogen-bond donors (Lipinski definition) is 2. The van der Waals surface area contributed by atoms with E-state index in [1.165, 1.54) is 49.4 Å². The zero-order valence-electron chi connectivity index (χ0n) is 26.8. The average molecular weight is 719 g/mol. The minimum absolute atomic E-state index is 0.0483. The third-order valence-electron chi connectivity index (χ3n) is 9.26.